The molecule has 0 radical (unpaired) electrons. The standard InChI is InChI=1S/C13H16O2S.C2H6/c1-2-3-4-9-16-13(15)12-7-5-11(10-14)6-8-12;1-2/h5-8,10H,2-4,9H2,1H3;1-2H3. The Morgan fingerprint density at radius 3 is 2.28 bits per heavy atom. The van der Waals surface area contributed by atoms with Gasteiger partial charge in [-0.25, -0.2) is 0 Å². The van der Waals surface area contributed by atoms with Crippen LogP contribution in [0.1, 0.15) is 60.7 Å². The van der Waals surface area contributed by atoms with Crippen LogP contribution in [0.15, 0.2) is 24.3 Å². The van der Waals surface area contributed by atoms with E-state index in [0.29, 0.717) is 11.1 Å². The molecule has 0 spiro atoms. The molecule has 0 aromatic heterocycles. The van der Waals surface area contributed by atoms with Gasteiger partial charge in [0, 0.05) is 16.9 Å². The molecule has 0 heterocycles. The van der Waals surface area contributed by atoms with Crippen LogP contribution in [-0.4, -0.2) is 17.2 Å². The van der Waals surface area contributed by atoms with E-state index in [1.165, 1.54) is 24.6 Å². The Morgan fingerprint density at radius 1 is 1.17 bits per heavy atom. The van der Waals surface area contributed by atoms with Crippen molar-refractivity contribution in [2.75, 3.05) is 5.75 Å². The van der Waals surface area contributed by atoms with Crippen LogP contribution in [0, 0.1) is 0 Å². The van der Waals surface area contributed by atoms with Gasteiger partial charge < -0.3 is 0 Å². The van der Waals surface area contributed by atoms with Crippen molar-refractivity contribution < 1.29 is 9.59 Å². The van der Waals surface area contributed by atoms with Gasteiger partial charge in [-0.05, 0) is 18.6 Å². The van der Waals surface area contributed by atoms with Crippen LogP contribution >= 0.6 is 11.8 Å². The summed E-state index contributed by atoms with van der Waals surface area (Å²) in [5.74, 6) is 0.877. The molecule has 0 aliphatic carbocycles. The maximum atomic E-state index is 11.7. The molecule has 0 bridgehead atoms. The van der Waals surface area contributed by atoms with E-state index >= 15 is 0 Å². The van der Waals surface area contributed by atoms with E-state index in [9.17, 15) is 9.59 Å². The Morgan fingerprint density at radius 2 is 1.78 bits per heavy atom. The summed E-state index contributed by atoms with van der Waals surface area (Å²) in [6.07, 6.45) is 4.20. The average molecular weight is 266 g/mol. The SMILES string of the molecule is CC.CCCCCSC(=O)c1ccc(C=O)cc1. The van der Waals surface area contributed by atoms with Crippen molar-refractivity contribution in [2.45, 2.75) is 40.0 Å². The zero-order valence-corrected chi connectivity index (χ0v) is 12.3. The monoisotopic (exact) mass is 266 g/mol. The van der Waals surface area contributed by atoms with Crippen molar-refractivity contribution >= 4 is 23.2 Å². The molecule has 0 unspecified atom stereocenters. The van der Waals surface area contributed by atoms with Gasteiger partial charge in [0.05, 0.1) is 0 Å². The fraction of sp³-hybridized carbons (Fsp3) is 0.467. The van der Waals surface area contributed by atoms with Crippen molar-refractivity contribution in [3.8, 4) is 0 Å². The summed E-state index contributed by atoms with van der Waals surface area (Å²) in [5, 5.41) is 0.0913. The molecule has 0 atom stereocenters. The predicted octanol–water partition coefficient (Wildman–Crippen LogP) is 4.59. The molecular weight excluding hydrogens is 244 g/mol. The minimum atomic E-state index is 0.0913. The fourth-order valence-electron chi connectivity index (χ4n) is 1.30. The number of hydrogen-bond donors (Lipinski definition) is 0. The summed E-state index contributed by atoms with van der Waals surface area (Å²) in [5.41, 5.74) is 1.28. The molecule has 3 heteroatoms. The molecule has 1 aromatic rings. The maximum Gasteiger partial charge on any atom is 0.219 e. The summed E-state index contributed by atoms with van der Waals surface area (Å²) >= 11 is 1.36. The first-order valence-corrected chi connectivity index (χ1v) is 7.49. The second-order valence-corrected chi connectivity index (χ2v) is 4.65. The Balaban J connectivity index is 0.00000137. The topological polar surface area (TPSA) is 34.1 Å². The lowest BCUT2D eigenvalue weighted by Gasteiger charge is -2.00. The second kappa shape index (κ2) is 11.0. The summed E-state index contributed by atoms with van der Waals surface area (Å²) in [6, 6.07) is 6.76. The zero-order valence-electron chi connectivity index (χ0n) is 11.4. The summed E-state index contributed by atoms with van der Waals surface area (Å²) in [7, 11) is 0. The van der Waals surface area contributed by atoms with Crippen LogP contribution in [0.4, 0.5) is 0 Å². The number of aldehydes is 1. The molecule has 0 aliphatic heterocycles. The first-order valence-electron chi connectivity index (χ1n) is 6.50. The van der Waals surface area contributed by atoms with Gasteiger partial charge in [0.25, 0.3) is 0 Å². The quantitative estimate of drug-likeness (QED) is 0.558. The molecule has 18 heavy (non-hydrogen) atoms. The lowest BCUT2D eigenvalue weighted by Crippen LogP contribution is -1.95. The normalized spacial score (nSPS) is 9.28. The van der Waals surface area contributed by atoms with E-state index in [0.717, 1.165) is 18.5 Å². The van der Waals surface area contributed by atoms with E-state index in [2.05, 4.69) is 6.92 Å². The number of benzene rings is 1. The van der Waals surface area contributed by atoms with Gasteiger partial charge in [-0.15, -0.1) is 0 Å². The molecule has 0 N–H and O–H groups in total. The molecule has 100 valence electrons. The molecule has 0 amide bonds. The zero-order chi connectivity index (χ0) is 13.8. The first-order chi connectivity index (χ1) is 8.77. The third kappa shape index (κ3) is 6.60. The highest BCUT2D eigenvalue weighted by Gasteiger charge is 2.05. The highest BCUT2D eigenvalue weighted by molar-refractivity contribution is 8.14. The van der Waals surface area contributed by atoms with Crippen LogP contribution in [0.25, 0.3) is 0 Å². The van der Waals surface area contributed by atoms with Crippen LogP contribution in [0.3, 0.4) is 0 Å². The van der Waals surface area contributed by atoms with Gasteiger partial charge >= 0.3 is 0 Å². The van der Waals surface area contributed by atoms with Crippen LogP contribution in [0.2, 0.25) is 0 Å². The second-order valence-electron chi connectivity index (χ2n) is 3.58. The summed E-state index contributed by atoms with van der Waals surface area (Å²) in [4.78, 5) is 22.1. The molecule has 1 aromatic carbocycles. The van der Waals surface area contributed by atoms with E-state index in [-0.39, 0.29) is 5.12 Å². The van der Waals surface area contributed by atoms with E-state index < -0.39 is 0 Å². The number of rotatable bonds is 6. The van der Waals surface area contributed by atoms with Gasteiger partial charge in [0.2, 0.25) is 5.12 Å². The number of carbonyl (C=O) groups is 2. The van der Waals surface area contributed by atoms with Gasteiger partial charge in [-0.3, -0.25) is 9.59 Å². The molecule has 2 nitrogen and oxygen atoms in total. The summed E-state index contributed by atoms with van der Waals surface area (Å²) in [6.45, 7) is 6.14. The highest BCUT2D eigenvalue weighted by Crippen LogP contribution is 2.15. The van der Waals surface area contributed by atoms with Crippen molar-refractivity contribution in [2.24, 2.45) is 0 Å². The predicted molar refractivity (Wildman–Crippen MR) is 79.5 cm³/mol. The van der Waals surface area contributed by atoms with Gasteiger partial charge in [-0.2, -0.15) is 0 Å². The third-order valence-corrected chi connectivity index (χ3v) is 3.25. The Labute approximate surface area is 114 Å². The van der Waals surface area contributed by atoms with Crippen molar-refractivity contribution in [3.05, 3.63) is 35.4 Å². The van der Waals surface area contributed by atoms with Crippen molar-refractivity contribution in [1.29, 1.82) is 0 Å². The van der Waals surface area contributed by atoms with Gasteiger partial charge in [0.15, 0.2) is 0 Å². The minimum Gasteiger partial charge on any atom is -0.298 e. The fourth-order valence-corrected chi connectivity index (χ4v) is 2.13. The molecule has 1 rings (SSSR count). The Bertz CT molecular complexity index is 344. The van der Waals surface area contributed by atoms with Gasteiger partial charge in [-0.1, -0.05) is 57.5 Å². The first kappa shape index (κ1) is 16.9. The Kier molecular flexibility index (Phi) is 10.4. The maximum absolute atomic E-state index is 11.7. The highest BCUT2D eigenvalue weighted by atomic mass is 32.2. The molecule has 0 saturated carbocycles. The Hall–Kier alpha value is -1.09. The van der Waals surface area contributed by atoms with Crippen molar-refractivity contribution in [3.63, 3.8) is 0 Å². The minimum absolute atomic E-state index is 0.0913. The van der Waals surface area contributed by atoms with Crippen LogP contribution in [0.5, 0.6) is 0 Å². The van der Waals surface area contributed by atoms with Crippen LogP contribution in [-0.2, 0) is 0 Å². The van der Waals surface area contributed by atoms with E-state index in [1.807, 2.05) is 13.8 Å². The van der Waals surface area contributed by atoms with Crippen molar-refractivity contribution in [1.82, 2.24) is 0 Å². The lowest BCUT2D eigenvalue weighted by atomic mass is 10.2. The summed E-state index contributed by atoms with van der Waals surface area (Å²) < 4.78 is 0. The van der Waals surface area contributed by atoms with Gasteiger partial charge in [0.1, 0.15) is 6.29 Å². The number of unbranched alkanes of at least 4 members (excludes halogenated alkanes) is 2. The third-order valence-electron chi connectivity index (χ3n) is 2.26. The molecule has 0 fully saturated rings. The van der Waals surface area contributed by atoms with Crippen LogP contribution < -0.4 is 0 Å². The number of hydrogen-bond acceptors (Lipinski definition) is 3. The molecule has 0 aliphatic rings. The molecule has 0 saturated heterocycles. The average Bonchev–Trinajstić information content (AvgIpc) is 2.45. The number of carbonyl (C=O) groups excluding carboxylic acids is 2. The smallest absolute Gasteiger partial charge is 0.219 e. The van der Waals surface area contributed by atoms with E-state index in [4.69, 9.17) is 0 Å². The molecular formula is C15H22O2S. The number of thioether (sulfide) groups is 1. The lowest BCUT2D eigenvalue weighted by molar-refractivity contribution is 0.108. The largest absolute Gasteiger partial charge is 0.298 e. The van der Waals surface area contributed by atoms with E-state index in [1.54, 1.807) is 24.3 Å².